The molecule has 1 aliphatic carbocycles. The molecule has 0 radical (unpaired) electrons. The highest BCUT2D eigenvalue weighted by Gasteiger charge is 2.19. The van der Waals surface area contributed by atoms with Crippen molar-refractivity contribution < 1.29 is 4.79 Å². The van der Waals surface area contributed by atoms with E-state index in [1.807, 2.05) is 36.6 Å². The van der Waals surface area contributed by atoms with Crippen molar-refractivity contribution in [3.05, 3.63) is 35.3 Å². The van der Waals surface area contributed by atoms with Crippen molar-refractivity contribution in [2.45, 2.75) is 52.0 Å². The van der Waals surface area contributed by atoms with Gasteiger partial charge in [0.1, 0.15) is 5.65 Å². The Morgan fingerprint density at radius 2 is 2.15 bits per heavy atom. The molecule has 0 aliphatic heterocycles. The zero-order valence-corrected chi connectivity index (χ0v) is 12.1. The van der Waals surface area contributed by atoms with Crippen LogP contribution in [-0.4, -0.2) is 21.3 Å². The van der Waals surface area contributed by atoms with Crippen LogP contribution in [0.1, 0.15) is 42.6 Å². The number of fused-ring (bicyclic) bond motifs is 1. The number of pyridine rings is 1. The number of rotatable bonds is 3. The molecule has 0 aromatic carbocycles. The van der Waals surface area contributed by atoms with Gasteiger partial charge in [0.2, 0.25) is 5.91 Å². The van der Waals surface area contributed by atoms with Gasteiger partial charge in [0.25, 0.3) is 0 Å². The highest BCUT2D eigenvalue weighted by Crippen LogP contribution is 2.19. The van der Waals surface area contributed by atoms with Crippen LogP contribution in [0.2, 0.25) is 0 Å². The first-order valence-corrected chi connectivity index (χ1v) is 7.37. The first-order valence-electron chi connectivity index (χ1n) is 7.37. The fourth-order valence-corrected chi connectivity index (χ4v) is 3.08. The van der Waals surface area contributed by atoms with Crippen LogP contribution in [0.4, 0.5) is 0 Å². The molecule has 106 valence electrons. The van der Waals surface area contributed by atoms with Crippen molar-refractivity contribution in [1.29, 1.82) is 0 Å². The molecule has 2 aromatic rings. The van der Waals surface area contributed by atoms with Gasteiger partial charge in [0.15, 0.2) is 0 Å². The summed E-state index contributed by atoms with van der Waals surface area (Å²) in [6.45, 7) is 4.02. The van der Waals surface area contributed by atoms with E-state index in [1.165, 1.54) is 12.8 Å². The van der Waals surface area contributed by atoms with Gasteiger partial charge in [0.05, 0.1) is 17.8 Å². The van der Waals surface area contributed by atoms with E-state index in [9.17, 15) is 4.79 Å². The Hall–Kier alpha value is -1.84. The molecule has 4 heteroatoms. The minimum atomic E-state index is 0.114. The van der Waals surface area contributed by atoms with Gasteiger partial charge in [-0.15, -0.1) is 0 Å². The maximum atomic E-state index is 12.2. The number of aryl methyl sites for hydroxylation is 2. The van der Waals surface area contributed by atoms with Gasteiger partial charge in [-0.25, -0.2) is 4.98 Å². The molecule has 2 heterocycles. The second-order valence-corrected chi connectivity index (χ2v) is 5.75. The summed E-state index contributed by atoms with van der Waals surface area (Å²) in [6, 6.07) is 4.43. The number of imidazole rings is 1. The number of nitrogens with zero attached hydrogens (tertiary/aromatic N) is 2. The molecule has 1 N–H and O–H groups in total. The van der Waals surface area contributed by atoms with Crippen LogP contribution in [0, 0.1) is 13.8 Å². The maximum Gasteiger partial charge on any atom is 0.226 e. The van der Waals surface area contributed by atoms with Crippen molar-refractivity contribution in [3.63, 3.8) is 0 Å². The normalized spacial score (nSPS) is 15.9. The average molecular weight is 271 g/mol. The third kappa shape index (κ3) is 2.42. The molecule has 0 atom stereocenters. The Balaban J connectivity index is 1.81. The van der Waals surface area contributed by atoms with Crippen molar-refractivity contribution in [2.75, 3.05) is 0 Å². The number of amides is 1. The van der Waals surface area contributed by atoms with Gasteiger partial charge in [-0.3, -0.25) is 4.79 Å². The second kappa shape index (κ2) is 5.27. The van der Waals surface area contributed by atoms with Gasteiger partial charge >= 0.3 is 0 Å². The van der Waals surface area contributed by atoms with E-state index in [0.29, 0.717) is 12.5 Å². The summed E-state index contributed by atoms with van der Waals surface area (Å²) in [6.07, 6.45) is 7.11. The predicted octanol–water partition coefficient (Wildman–Crippen LogP) is 2.55. The fraction of sp³-hybridized carbons (Fsp3) is 0.500. The van der Waals surface area contributed by atoms with Crippen molar-refractivity contribution in [2.24, 2.45) is 0 Å². The Labute approximate surface area is 119 Å². The third-order valence-corrected chi connectivity index (χ3v) is 4.19. The van der Waals surface area contributed by atoms with Crippen molar-refractivity contribution in [3.8, 4) is 0 Å². The van der Waals surface area contributed by atoms with E-state index in [-0.39, 0.29) is 5.91 Å². The van der Waals surface area contributed by atoms with E-state index in [2.05, 4.69) is 10.3 Å². The topological polar surface area (TPSA) is 46.4 Å². The standard InChI is InChI=1S/C16H21N3O/c1-11-6-5-9-19-14(12(2)17-16(11)19)10-15(20)18-13-7-3-4-8-13/h5-6,9,13H,3-4,7-8,10H2,1-2H3,(H,18,20). The summed E-state index contributed by atoms with van der Waals surface area (Å²) in [5.74, 6) is 0.114. The highest BCUT2D eigenvalue weighted by atomic mass is 16.1. The van der Waals surface area contributed by atoms with Crippen molar-refractivity contribution >= 4 is 11.6 Å². The molecule has 0 spiro atoms. The summed E-state index contributed by atoms with van der Waals surface area (Å²) in [4.78, 5) is 16.8. The monoisotopic (exact) mass is 271 g/mol. The minimum Gasteiger partial charge on any atom is -0.353 e. The maximum absolute atomic E-state index is 12.2. The zero-order valence-electron chi connectivity index (χ0n) is 12.1. The number of carbonyl (C=O) groups is 1. The Morgan fingerprint density at radius 1 is 1.40 bits per heavy atom. The number of hydrogen-bond acceptors (Lipinski definition) is 2. The van der Waals surface area contributed by atoms with Gasteiger partial charge < -0.3 is 9.72 Å². The lowest BCUT2D eigenvalue weighted by molar-refractivity contribution is -0.121. The number of carbonyl (C=O) groups excluding carboxylic acids is 1. The highest BCUT2D eigenvalue weighted by molar-refractivity contribution is 5.79. The second-order valence-electron chi connectivity index (χ2n) is 5.75. The van der Waals surface area contributed by atoms with E-state index >= 15 is 0 Å². The third-order valence-electron chi connectivity index (χ3n) is 4.19. The van der Waals surface area contributed by atoms with Crippen LogP contribution in [0.3, 0.4) is 0 Å². The molecule has 3 rings (SSSR count). The Kier molecular flexibility index (Phi) is 3.47. The van der Waals surface area contributed by atoms with E-state index in [0.717, 1.165) is 35.4 Å². The lowest BCUT2D eigenvalue weighted by atomic mass is 10.2. The van der Waals surface area contributed by atoms with Gasteiger partial charge in [0, 0.05) is 12.2 Å². The van der Waals surface area contributed by atoms with Crippen LogP contribution in [0.5, 0.6) is 0 Å². The summed E-state index contributed by atoms with van der Waals surface area (Å²) in [7, 11) is 0. The lowest BCUT2D eigenvalue weighted by Gasteiger charge is -2.12. The zero-order chi connectivity index (χ0) is 14.1. The minimum absolute atomic E-state index is 0.114. The summed E-state index contributed by atoms with van der Waals surface area (Å²) < 4.78 is 2.04. The first kappa shape index (κ1) is 13.2. The molecule has 0 saturated heterocycles. The predicted molar refractivity (Wildman–Crippen MR) is 78.8 cm³/mol. The molecule has 0 unspecified atom stereocenters. The van der Waals surface area contributed by atoms with E-state index in [4.69, 9.17) is 0 Å². The van der Waals surface area contributed by atoms with Crippen LogP contribution >= 0.6 is 0 Å². The van der Waals surface area contributed by atoms with Crippen LogP contribution in [0.25, 0.3) is 5.65 Å². The SMILES string of the molecule is Cc1nc2c(C)cccn2c1CC(=O)NC1CCCC1. The largest absolute Gasteiger partial charge is 0.353 e. The summed E-state index contributed by atoms with van der Waals surface area (Å²) >= 11 is 0. The number of nitrogens with one attached hydrogen (secondary N) is 1. The van der Waals surface area contributed by atoms with Gasteiger partial charge in [-0.1, -0.05) is 18.9 Å². The molecule has 0 bridgehead atoms. The Bertz CT molecular complexity index is 638. The molecule has 20 heavy (non-hydrogen) atoms. The van der Waals surface area contributed by atoms with Gasteiger partial charge in [-0.05, 0) is 38.3 Å². The molecule has 1 saturated carbocycles. The smallest absolute Gasteiger partial charge is 0.226 e. The molecular formula is C16H21N3O. The molecule has 1 fully saturated rings. The van der Waals surface area contributed by atoms with Crippen LogP contribution < -0.4 is 5.32 Å². The molecule has 1 amide bonds. The fourth-order valence-electron chi connectivity index (χ4n) is 3.08. The summed E-state index contributed by atoms with van der Waals surface area (Å²) in [5.41, 5.74) is 4.03. The summed E-state index contributed by atoms with van der Waals surface area (Å²) in [5, 5.41) is 3.14. The van der Waals surface area contributed by atoms with Crippen molar-refractivity contribution in [1.82, 2.24) is 14.7 Å². The number of hydrogen-bond donors (Lipinski definition) is 1. The average Bonchev–Trinajstić information content (AvgIpc) is 3.01. The van der Waals surface area contributed by atoms with E-state index < -0.39 is 0 Å². The lowest BCUT2D eigenvalue weighted by Crippen LogP contribution is -2.34. The Morgan fingerprint density at radius 3 is 2.90 bits per heavy atom. The molecular weight excluding hydrogens is 250 g/mol. The quantitative estimate of drug-likeness (QED) is 0.932. The molecule has 2 aromatic heterocycles. The van der Waals surface area contributed by atoms with Crippen LogP contribution in [0.15, 0.2) is 18.3 Å². The molecule has 1 aliphatic rings. The van der Waals surface area contributed by atoms with Crippen LogP contribution in [-0.2, 0) is 11.2 Å². The van der Waals surface area contributed by atoms with Gasteiger partial charge in [-0.2, -0.15) is 0 Å². The number of aromatic nitrogens is 2. The molecule has 4 nitrogen and oxygen atoms in total. The first-order chi connectivity index (χ1) is 9.65. The van der Waals surface area contributed by atoms with E-state index in [1.54, 1.807) is 0 Å².